The van der Waals surface area contributed by atoms with Gasteiger partial charge in [-0.2, -0.15) is 0 Å². The van der Waals surface area contributed by atoms with Crippen LogP contribution in [-0.4, -0.2) is 35.5 Å². The normalized spacial score (nSPS) is 21.6. The average Bonchev–Trinajstić information content (AvgIpc) is 2.76. The molecule has 1 aliphatic carbocycles. The molecule has 0 N–H and O–H groups in total. The Morgan fingerprint density at radius 1 is 0.897 bits per heavy atom. The molecule has 1 unspecified atom stereocenters. The Hall–Kier alpha value is -3.21. The van der Waals surface area contributed by atoms with Crippen molar-refractivity contribution in [3.8, 4) is 0 Å². The summed E-state index contributed by atoms with van der Waals surface area (Å²) in [6.07, 6.45) is 3.04. The van der Waals surface area contributed by atoms with Crippen LogP contribution in [0.3, 0.4) is 0 Å². The van der Waals surface area contributed by atoms with Crippen molar-refractivity contribution in [2.24, 2.45) is 0 Å². The molecular formula is C24H23NO4. The Bertz CT molecular complexity index is 974. The lowest BCUT2D eigenvalue weighted by Crippen LogP contribution is -2.58. The van der Waals surface area contributed by atoms with Gasteiger partial charge in [-0.1, -0.05) is 60.7 Å². The molecule has 0 radical (unpaired) electrons. The summed E-state index contributed by atoms with van der Waals surface area (Å²) in [5.41, 5.74) is 0.130. The lowest BCUT2D eigenvalue weighted by molar-refractivity contribution is -0.167. The third-order valence-corrected chi connectivity index (χ3v) is 5.53. The summed E-state index contributed by atoms with van der Waals surface area (Å²) in [4.78, 5) is 40.9. The van der Waals surface area contributed by atoms with E-state index < -0.39 is 17.4 Å². The Morgan fingerprint density at radius 2 is 1.48 bits per heavy atom. The van der Waals surface area contributed by atoms with Crippen LogP contribution in [0.4, 0.5) is 0 Å². The first-order chi connectivity index (χ1) is 14.1. The number of ketones is 2. The highest BCUT2D eigenvalue weighted by Gasteiger charge is 2.62. The predicted octanol–water partition coefficient (Wildman–Crippen LogP) is 3.65. The minimum Gasteiger partial charge on any atom is -0.439 e. The number of esters is 1. The highest BCUT2D eigenvalue weighted by molar-refractivity contribution is 6.34. The van der Waals surface area contributed by atoms with Crippen LogP contribution in [0, 0.1) is 0 Å². The number of piperidine rings is 1. The predicted molar refractivity (Wildman–Crippen MR) is 108 cm³/mol. The fourth-order valence-electron chi connectivity index (χ4n) is 4.26. The van der Waals surface area contributed by atoms with E-state index in [-0.39, 0.29) is 11.4 Å². The molecule has 5 nitrogen and oxygen atoms in total. The highest BCUT2D eigenvalue weighted by Crippen LogP contribution is 2.49. The molecule has 0 spiro atoms. The summed E-state index contributed by atoms with van der Waals surface area (Å²) in [5.74, 6) is -1.33. The topological polar surface area (TPSA) is 63.7 Å². The Labute approximate surface area is 170 Å². The first-order valence-electron chi connectivity index (χ1n) is 9.95. The van der Waals surface area contributed by atoms with Crippen molar-refractivity contribution in [2.75, 3.05) is 13.1 Å². The maximum Gasteiger partial charge on any atom is 0.304 e. The molecule has 2 aromatic carbocycles. The zero-order valence-corrected chi connectivity index (χ0v) is 16.4. The van der Waals surface area contributed by atoms with Crippen molar-refractivity contribution in [1.29, 1.82) is 0 Å². The van der Waals surface area contributed by atoms with Crippen LogP contribution in [0.2, 0.25) is 0 Å². The van der Waals surface area contributed by atoms with E-state index in [1.807, 2.05) is 12.1 Å². The Balaban J connectivity index is 1.91. The maximum atomic E-state index is 13.5. The van der Waals surface area contributed by atoms with Crippen molar-refractivity contribution in [2.45, 2.75) is 31.8 Å². The third-order valence-electron chi connectivity index (χ3n) is 5.53. The second kappa shape index (κ2) is 7.66. The van der Waals surface area contributed by atoms with E-state index in [2.05, 4.69) is 4.90 Å². The van der Waals surface area contributed by atoms with Gasteiger partial charge in [0.1, 0.15) is 0 Å². The van der Waals surface area contributed by atoms with Crippen molar-refractivity contribution in [3.63, 3.8) is 0 Å². The summed E-state index contributed by atoms with van der Waals surface area (Å²) < 4.78 is 5.71. The minimum atomic E-state index is -1.55. The summed E-state index contributed by atoms with van der Waals surface area (Å²) >= 11 is 0. The van der Waals surface area contributed by atoms with Crippen molar-refractivity contribution in [3.05, 3.63) is 83.1 Å². The van der Waals surface area contributed by atoms with Crippen molar-refractivity contribution < 1.29 is 19.1 Å². The first kappa shape index (κ1) is 19.1. The molecule has 0 saturated carbocycles. The first-order valence-corrected chi connectivity index (χ1v) is 9.95. The molecule has 2 aromatic rings. The van der Waals surface area contributed by atoms with Gasteiger partial charge in [-0.15, -0.1) is 0 Å². The molecule has 0 bridgehead atoms. The zero-order chi connectivity index (χ0) is 20.4. The molecule has 1 atom stereocenters. The van der Waals surface area contributed by atoms with E-state index in [0.717, 1.165) is 32.4 Å². The molecule has 2 aliphatic rings. The van der Waals surface area contributed by atoms with E-state index >= 15 is 0 Å². The van der Waals surface area contributed by atoms with Gasteiger partial charge in [0.2, 0.25) is 11.4 Å². The number of nitrogens with zero attached hydrogens (tertiary/aromatic N) is 1. The quantitative estimate of drug-likeness (QED) is 0.444. The maximum absolute atomic E-state index is 13.5. The summed E-state index contributed by atoms with van der Waals surface area (Å²) in [6.45, 7) is 2.75. The van der Waals surface area contributed by atoms with Gasteiger partial charge >= 0.3 is 5.97 Å². The molecule has 0 amide bonds. The van der Waals surface area contributed by atoms with Crippen molar-refractivity contribution in [1.82, 2.24) is 4.90 Å². The van der Waals surface area contributed by atoms with Crippen LogP contribution in [0.25, 0.3) is 0 Å². The smallest absolute Gasteiger partial charge is 0.304 e. The summed E-state index contributed by atoms with van der Waals surface area (Å²) in [5, 5.41) is 0. The number of carbonyl (C=O) groups is 3. The van der Waals surface area contributed by atoms with Crippen molar-refractivity contribution >= 4 is 17.5 Å². The number of likely N-dealkylation sites (tertiary alicyclic amines) is 1. The van der Waals surface area contributed by atoms with Crippen LogP contribution in [0.1, 0.15) is 42.1 Å². The van der Waals surface area contributed by atoms with Crippen LogP contribution in [0.15, 0.2) is 71.9 Å². The number of hydrogen-bond acceptors (Lipinski definition) is 5. The lowest BCUT2D eigenvalue weighted by Gasteiger charge is -2.48. The van der Waals surface area contributed by atoms with Gasteiger partial charge in [0.25, 0.3) is 0 Å². The molecule has 148 valence electrons. The molecule has 0 aromatic heterocycles. The molecule has 1 saturated heterocycles. The van der Waals surface area contributed by atoms with Crippen LogP contribution in [-0.2, 0) is 19.9 Å². The number of hydrogen-bond donors (Lipinski definition) is 0. The molecule has 4 rings (SSSR count). The van der Waals surface area contributed by atoms with Gasteiger partial charge < -0.3 is 9.64 Å². The van der Waals surface area contributed by atoms with Gasteiger partial charge in [0, 0.05) is 31.1 Å². The van der Waals surface area contributed by atoms with Gasteiger partial charge in [0.15, 0.2) is 5.78 Å². The second-order valence-corrected chi connectivity index (χ2v) is 7.44. The highest BCUT2D eigenvalue weighted by atomic mass is 16.6. The lowest BCUT2D eigenvalue weighted by atomic mass is 9.68. The third kappa shape index (κ3) is 3.16. The number of Topliss-reactive ketones (excluding diaryl/α,β-unsaturated/α-hetero) is 2. The van der Waals surface area contributed by atoms with Gasteiger partial charge in [-0.25, -0.2) is 0 Å². The summed E-state index contributed by atoms with van der Waals surface area (Å²) in [6, 6.07) is 17.8. The molecular weight excluding hydrogens is 366 g/mol. The number of carbonyl (C=O) groups excluding carboxylic acids is 3. The number of rotatable bonds is 5. The van der Waals surface area contributed by atoms with Crippen LogP contribution in [0.5, 0.6) is 0 Å². The zero-order valence-electron chi connectivity index (χ0n) is 16.4. The SMILES string of the molecule is CC(=O)OC1(c2ccccc2)C(=O)C(C(=O)c2ccccc2)=C1N1CCCCC1. The largest absolute Gasteiger partial charge is 0.439 e. The molecule has 29 heavy (non-hydrogen) atoms. The van der Waals surface area contributed by atoms with Gasteiger partial charge in [-0.3, -0.25) is 14.4 Å². The van der Waals surface area contributed by atoms with E-state index in [9.17, 15) is 14.4 Å². The van der Waals surface area contributed by atoms with Crippen LogP contribution < -0.4 is 0 Å². The minimum absolute atomic E-state index is 0.128. The Morgan fingerprint density at radius 3 is 2.07 bits per heavy atom. The number of benzene rings is 2. The number of ether oxygens (including phenoxy) is 1. The van der Waals surface area contributed by atoms with E-state index in [1.165, 1.54) is 6.92 Å². The molecule has 1 aliphatic heterocycles. The van der Waals surface area contributed by atoms with E-state index in [1.54, 1.807) is 48.5 Å². The fraction of sp³-hybridized carbons (Fsp3) is 0.292. The summed E-state index contributed by atoms with van der Waals surface area (Å²) in [7, 11) is 0. The average molecular weight is 389 g/mol. The fourth-order valence-corrected chi connectivity index (χ4v) is 4.26. The van der Waals surface area contributed by atoms with Gasteiger partial charge in [-0.05, 0) is 19.3 Å². The molecule has 5 heteroatoms. The van der Waals surface area contributed by atoms with Crippen LogP contribution >= 0.6 is 0 Å². The Kier molecular flexibility index (Phi) is 5.05. The van der Waals surface area contributed by atoms with E-state index in [0.29, 0.717) is 16.8 Å². The van der Waals surface area contributed by atoms with Gasteiger partial charge in [0.05, 0.1) is 11.3 Å². The van der Waals surface area contributed by atoms with E-state index in [4.69, 9.17) is 4.74 Å². The molecule has 1 fully saturated rings. The standard InChI is InChI=1S/C24H23NO4/c1-17(26)29-24(19-13-7-3-8-14-19)22(25-15-9-4-10-16-25)20(23(24)28)21(27)18-11-5-2-6-12-18/h2-3,5-8,11-14H,4,9-10,15-16H2,1H3. The second-order valence-electron chi connectivity index (χ2n) is 7.44. The monoisotopic (exact) mass is 389 g/mol. The molecule has 1 heterocycles.